The maximum atomic E-state index is 2.38. The Morgan fingerprint density at radius 3 is 1.51 bits per heavy atom. The zero-order valence-corrected chi connectivity index (χ0v) is 28.5. The maximum absolute atomic E-state index is 2.38. The van der Waals surface area contributed by atoms with Crippen LogP contribution >= 0.6 is 11.3 Å². The van der Waals surface area contributed by atoms with Crippen molar-refractivity contribution in [2.24, 2.45) is 0 Å². The van der Waals surface area contributed by atoms with Gasteiger partial charge in [0.15, 0.2) is 0 Å². The van der Waals surface area contributed by atoms with Crippen LogP contribution in [-0.2, 0) is 0 Å². The van der Waals surface area contributed by atoms with Gasteiger partial charge in [-0.15, -0.1) is 11.3 Å². The molecule has 0 atom stereocenters. The highest BCUT2D eigenvalue weighted by Crippen LogP contribution is 2.46. The molecule has 10 aromatic carbocycles. The molecular weight excluding hydrogens is 633 g/mol. The van der Waals surface area contributed by atoms with E-state index in [4.69, 9.17) is 0 Å². The zero-order chi connectivity index (χ0) is 33.5. The molecule has 11 rings (SSSR count). The van der Waals surface area contributed by atoms with E-state index in [1.54, 1.807) is 0 Å². The van der Waals surface area contributed by atoms with E-state index >= 15 is 0 Å². The van der Waals surface area contributed by atoms with E-state index in [-0.39, 0.29) is 0 Å². The molecule has 0 fully saturated rings. The number of hydrogen-bond donors (Lipinski definition) is 0. The van der Waals surface area contributed by atoms with E-state index in [2.05, 4.69) is 182 Å². The van der Waals surface area contributed by atoms with Crippen LogP contribution in [0.1, 0.15) is 0 Å². The summed E-state index contributed by atoms with van der Waals surface area (Å²) in [4.78, 5) is 0. The second-order valence-corrected chi connectivity index (χ2v) is 14.7. The normalized spacial score (nSPS) is 11.9. The summed E-state index contributed by atoms with van der Waals surface area (Å²) in [6, 6.07) is 67.5. The molecular formula is C50H30S. The summed E-state index contributed by atoms with van der Waals surface area (Å²) in [5, 5.41) is 15.5. The van der Waals surface area contributed by atoms with Crippen molar-refractivity contribution in [3.8, 4) is 33.4 Å². The van der Waals surface area contributed by atoms with E-state index in [9.17, 15) is 0 Å². The first kappa shape index (κ1) is 28.5. The van der Waals surface area contributed by atoms with Gasteiger partial charge in [-0.25, -0.2) is 0 Å². The molecule has 0 nitrogen and oxygen atoms in total. The van der Waals surface area contributed by atoms with Crippen molar-refractivity contribution in [2.45, 2.75) is 0 Å². The smallest absolute Gasteiger partial charge is 0.0433 e. The van der Waals surface area contributed by atoms with Crippen LogP contribution in [0.25, 0.3) is 107 Å². The molecule has 11 aromatic rings. The number of hydrogen-bond acceptors (Lipinski definition) is 1. The molecule has 236 valence electrons. The molecule has 0 saturated heterocycles. The van der Waals surface area contributed by atoms with Crippen LogP contribution in [0, 0.1) is 0 Å². The van der Waals surface area contributed by atoms with Gasteiger partial charge in [-0.3, -0.25) is 0 Å². The molecule has 0 aliphatic rings. The Hall–Kier alpha value is -6.28. The van der Waals surface area contributed by atoms with Gasteiger partial charge >= 0.3 is 0 Å². The van der Waals surface area contributed by atoms with E-state index in [1.165, 1.54) is 107 Å². The minimum Gasteiger partial charge on any atom is -0.135 e. The first-order chi connectivity index (χ1) is 25.3. The van der Waals surface area contributed by atoms with Crippen molar-refractivity contribution in [3.63, 3.8) is 0 Å². The van der Waals surface area contributed by atoms with Crippen molar-refractivity contribution in [3.05, 3.63) is 182 Å². The molecule has 0 bridgehead atoms. The predicted molar refractivity (Wildman–Crippen MR) is 223 cm³/mol. The molecule has 0 N–H and O–H groups in total. The number of fused-ring (bicyclic) bond motifs is 9. The van der Waals surface area contributed by atoms with Gasteiger partial charge in [-0.1, -0.05) is 158 Å². The quantitative estimate of drug-likeness (QED) is 0.165. The highest BCUT2D eigenvalue weighted by Gasteiger charge is 2.18. The topological polar surface area (TPSA) is 0 Å². The summed E-state index contributed by atoms with van der Waals surface area (Å²) in [5.74, 6) is 0. The number of benzene rings is 10. The van der Waals surface area contributed by atoms with E-state index < -0.39 is 0 Å². The van der Waals surface area contributed by atoms with Crippen molar-refractivity contribution >= 4 is 85.4 Å². The van der Waals surface area contributed by atoms with Gasteiger partial charge in [0.05, 0.1) is 0 Å². The fourth-order valence-electron chi connectivity index (χ4n) is 8.44. The lowest BCUT2D eigenvalue weighted by molar-refractivity contribution is 1.67. The highest BCUT2D eigenvalue weighted by atomic mass is 32.1. The van der Waals surface area contributed by atoms with Crippen LogP contribution in [0.3, 0.4) is 0 Å². The standard InChI is InChI=1S/C50H30S/c1-3-13-38-31(10-1)12-9-19-40(38)49-43-17-7-5-15-41(43)48(42-16-6-8-18-44(42)49)37-23-22-33-28-34(20-21-35(33)29-37)36-25-27-47-46(30-36)45-26-24-32-11-2-4-14-39(32)50(45)51-47/h1-30H. The number of rotatable bonds is 3. The Bertz CT molecular complexity index is 3130. The Labute approximate surface area is 299 Å². The summed E-state index contributed by atoms with van der Waals surface area (Å²) in [6.45, 7) is 0. The Kier molecular flexibility index (Phi) is 6.22. The van der Waals surface area contributed by atoms with Gasteiger partial charge in [0.25, 0.3) is 0 Å². The fourth-order valence-corrected chi connectivity index (χ4v) is 9.66. The molecule has 0 spiro atoms. The second kappa shape index (κ2) is 11.1. The number of thiophene rings is 1. The zero-order valence-electron chi connectivity index (χ0n) is 27.7. The van der Waals surface area contributed by atoms with Gasteiger partial charge in [0.2, 0.25) is 0 Å². The summed E-state index contributed by atoms with van der Waals surface area (Å²) >= 11 is 1.90. The van der Waals surface area contributed by atoms with Gasteiger partial charge in [0.1, 0.15) is 0 Å². The van der Waals surface area contributed by atoms with Crippen LogP contribution in [0.4, 0.5) is 0 Å². The molecule has 1 heterocycles. The van der Waals surface area contributed by atoms with E-state index in [0.29, 0.717) is 0 Å². The third-order valence-electron chi connectivity index (χ3n) is 10.8. The van der Waals surface area contributed by atoms with Gasteiger partial charge in [-0.2, -0.15) is 0 Å². The van der Waals surface area contributed by atoms with Crippen molar-refractivity contribution in [1.29, 1.82) is 0 Å². The summed E-state index contributed by atoms with van der Waals surface area (Å²) in [7, 11) is 0. The lowest BCUT2D eigenvalue weighted by Gasteiger charge is -2.19. The second-order valence-electron chi connectivity index (χ2n) is 13.6. The van der Waals surface area contributed by atoms with Crippen LogP contribution in [0.15, 0.2) is 182 Å². The SMILES string of the molecule is c1ccc2c(-c3c4ccccc4c(-c4ccc5cc(-c6ccc7sc8c9ccccc9ccc8c7c6)ccc5c4)c4ccccc34)cccc2c1. The van der Waals surface area contributed by atoms with Gasteiger partial charge in [-0.05, 0) is 112 Å². The van der Waals surface area contributed by atoms with E-state index in [0.717, 1.165) is 0 Å². The molecule has 1 heteroatoms. The first-order valence-corrected chi connectivity index (χ1v) is 18.4. The van der Waals surface area contributed by atoms with Crippen LogP contribution < -0.4 is 0 Å². The van der Waals surface area contributed by atoms with Crippen molar-refractivity contribution < 1.29 is 0 Å². The molecule has 0 radical (unpaired) electrons. The van der Waals surface area contributed by atoms with Crippen LogP contribution in [0.2, 0.25) is 0 Å². The van der Waals surface area contributed by atoms with Gasteiger partial charge in [0, 0.05) is 20.2 Å². The monoisotopic (exact) mass is 662 g/mol. The molecule has 1 aromatic heterocycles. The van der Waals surface area contributed by atoms with E-state index in [1.807, 2.05) is 11.3 Å². The van der Waals surface area contributed by atoms with Gasteiger partial charge < -0.3 is 0 Å². The molecule has 0 aliphatic heterocycles. The maximum Gasteiger partial charge on any atom is 0.0433 e. The Morgan fingerprint density at radius 2 is 0.784 bits per heavy atom. The van der Waals surface area contributed by atoms with Crippen LogP contribution in [-0.4, -0.2) is 0 Å². The molecule has 0 unspecified atom stereocenters. The first-order valence-electron chi connectivity index (χ1n) is 17.6. The van der Waals surface area contributed by atoms with Crippen molar-refractivity contribution in [1.82, 2.24) is 0 Å². The lowest BCUT2D eigenvalue weighted by Crippen LogP contribution is -1.91. The molecule has 0 saturated carbocycles. The fraction of sp³-hybridized carbons (Fsp3) is 0. The molecule has 51 heavy (non-hydrogen) atoms. The minimum absolute atomic E-state index is 1.24. The van der Waals surface area contributed by atoms with Crippen LogP contribution in [0.5, 0.6) is 0 Å². The summed E-state index contributed by atoms with van der Waals surface area (Å²) < 4.78 is 2.71. The highest BCUT2D eigenvalue weighted by molar-refractivity contribution is 7.26. The Balaban J connectivity index is 1.07. The summed E-state index contributed by atoms with van der Waals surface area (Å²) in [6.07, 6.45) is 0. The lowest BCUT2D eigenvalue weighted by atomic mass is 9.84. The average molecular weight is 663 g/mol. The minimum atomic E-state index is 1.24. The molecule has 0 aliphatic carbocycles. The third kappa shape index (κ3) is 4.39. The Morgan fingerprint density at radius 1 is 0.275 bits per heavy atom. The third-order valence-corrected chi connectivity index (χ3v) is 12.0. The average Bonchev–Trinajstić information content (AvgIpc) is 3.58. The van der Waals surface area contributed by atoms with Crippen molar-refractivity contribution in [2.75, 3.05) is 0 Å². The predicted octanol–water partition coefficient (Wildman–Crippen LogP) is 14.8. The largest absolute Gasteiger partial charge is 0.135 e. The molecule has 0 amide bonds. The summed E-state index contributed by atoms with van der Waals surface area (Å²) in [5.41, 5.74) is 7.61.